The molecule has 0 bridgehead atoms. The standard InChI is InChI=1S/C12H18N4S2/c1-8(2)6-13-5-4-10-15-16-12(18-10)11-9(3)14-7-17-11/h7-8,13H,4-6H2,1-3H3. The van der Waals surface area contributed by atoms with Crippen LogP contribution in [0.2, 0.25) is 0 Å². The average molecular weight is 282 g/mol. The molecule has 0 aromatic carbocycles. The molecule has 0 fully saturated rings. The van der Waals surface area contributed by atoms with Crippen molar-refractivity contribution < 1.29 is 0 Å². The highest BCUT2D eigenvalue weighted by Gasteiger charge is 2.10. The Kier molecular flexibility index (Phi) is 4.79. The maximum Gasteiger partial charge on any atom is 0.159 e. The van der Waals surface area contributed by atoms with E-state index in [-0.39, 0.29) is 0 Å². The third-order valence-corrected chi connectivity index (χ3v) is 4.54. The maximum atomic E-state index is 4.24. The van der Waals surface area contributed by atoms with Crippen LogP contribution in [0.15, 0.2) is 5.51 Å². The van der Waals surface area contributed by atoms with Gasteiger partial charge in [0, 0.05) is 13.0 Å². The number of aryl methyl sites for hydroxylation is 1. The van der Waals surface area contributed by atoms with Crippen LogP contribution >= 0.6 is 22.7 Å². The van der Waals surface area contributed by atoms with Gasteiger partial charge in [-0.05, 0) is 19.4 Å². The number of hydrogen-bond acceptors (Lipinski definition) is 6. The summed E-state index contributed by atoms with van der Waals surface area (Å²) < 4.78 is 0. The van der Waals surface area contributed by atoms with Gasteiger partial charge >= 0.3 is 0 Å². The zero-order chi connectivity index (χ0) is 13.0. The Morgan fingerprint density at radius 1 is 1.33 bits per heavy atom. The van der Waals surface area contributed by atoms with Crippen molar-refractivity contribution in [2.45, 2.75) is 27.2 Å². The average Bonchev–Trinajstić information content (AvgIpc) is 2.92. The van der Waals surface area contributed by atoms with E-state index in [1.807, 2.05) is 12.4 Å². The number of thiazole rings is 1. The van der Waals surface area contributed by atoms with Gasteiger partial charge in [0.05, 0.1) is 16.1 Å². The van der Waals surface area contributed by atoms with E-state index >= 15 is 0 Å². The van der Waals surface area contributed by atoms with Gasteiger partial charge in [0.25, 0.3) is 0 Å². The van der Waals surface area contributed by atoms with Gasteiger partial charge in [0.15, 0.2) is 5.01 Å². The monoisotopic (exact) mass is 282 g/mol. The normalized spacial score (nSPS) is 11.3. The van der Waals surface area contributed by atoms with Crippen molar-refractivity contribution in [3.05, 3.63) is 16.2 Å². The molecule has 0 aliphatic heterocycles. The zero-order valence-corrected chi connectivity index (χ0v) is 12.6. The lowest BCUT2D eigenvalue weighted by atomic mass is 10.2. The Bertz CT molecular complexity index is 490. The molecule has 0 aliphatic rings. The summed E-state index contributed by atoms with van der Waals surface area (Å²) in [6.07, 6.45) is 0.947. The summed E-state index contributed by atoms with van der Waals surface area (Å²) in [5.74, 6) is 0.690. The van der Waals surface area contributed by atoms with Crippen molar-refractivity contribution >= 4 is 22.7 Å². The molecule has 0 amide bonds. The predicted octanol–water partition coefficient (Wildman–Crippen LogP) is 2.76. The molecule has 0 aliphatic carbocycles. The van der Waals surface area contributed by atoms with Crippen LogP contribution in [0, 0.1) is 12.8 Å². The van der Waals surface area contributed by atoms with Crippen LogP contribution in [0.3, 0.4) is 0 Å². The predicted molar refractivity (Wildman–Crippen MR) is 77.2 cm³/mol. The quantitative estimate of drug-likeness (QED) is 0.828. The molecule has 0 atom stereocenters. The Labute approximate surface area is 116 Å². The van der Waals surface area contributed by atoms with Gasteiger partial charge in [-0.15, -0.1) is 21.5 Å². The Hall–Kier alpha value is -0.850. The lowest BCUT2D eigenvalue weighted by Crippen LogP contribution is -2.22. The first-order valence-corrected chi connectivity index (χ1v) is 7.80. The molecule has 2 aromatic rings. The lowest BCUT2D eigenvalue weighted by molar-refractivity contribution is 0.553. The van der Waals surface area contributed by atoms with Gasteiger partial charge in [0.2, 0.25) is 0 Å². The molecule has 0 saturated carbocycles. The van der Waals surface area contributed by atoms with E-state index in [1.54, 1.807) is 22.7 Å². The van der Waals surface area contributed by atoms with E-state index in [2.05, 4.69) is 34.3 Å². The van der Waals surface area contributed by atoms with Crippen LogP contribution in [-0.2, 0) is 6.42 Å². The Morgan fingerprint density at radius 2 is 2.17 bits per heavy atom. The van der Waals surface area contributed by atoms with Crippen LogP contribution in [0.25, 0.3) is 9.88 Å². The summed E-state index contributed by atoms with van der Waals surface area (Å²) in [5, 5.41) is 14.0. The van der Waals surface area contributed by atoms with E-state index in [0.717, 1.165) is 40.1 Å². The van der Waals surface area contributed by atoms with Gasteiger partial charge in [-0.25, -0.2) is 4.98 Å². The number of rotatable bonds is 6. The minimum Gasteiger partial charge on any atom is -0.316 e. The van der Waals surface area contributed by atoms with Crippen LogP contribution in [0.1, 0.15) is 24.5 Å². The first-order chi connectivity index (χ1) is 8.66. The Balaban J connectivity index is 1.89. The molecule has 2 heterocycles. The minimum absolute atomic E-state index is 0.690. The zero-order valence-electron chi connectivity index (χ0n) is 10.9. The molecule has 98 valence electrons. The summed E-state index contributed by atoms with van der Waals surface area (Å²) in [7, 11) is 0. The summed E-state index contributed by atoms with van der Waals surface area (Å²) in [6.45, 7) is 8.45. The first-order valence-electron chi connectivity index (χ1n) is 6.10. The lowest BCUT2D eigenvalue weighted by Gasteiger charge is -2.04. The molecule has 0 spiro atoms. The van der Waals surface area contributed by atoms with Gasteiger partial charge in [-0.2, -0.15) is 0 Å². The third-order valence-electron chi connectivity index (χ3n) is 2.47. The first kappa shape index (κ1) is 13.6. The molecule has 18 heavy (non-hydrogen) atoms. The summed E-state index contributed by atoms with van der Waals surface area (Å²) in [6, 6.07) is 0. The smallest absolute Gasteiger partial charge is 0.159 e. The van der Waals surface area contributed by atoms with E-state index < -0.39 is 0 Å². The molecule has 0 unspecified atom stereocenters. The SMILES string of the molecule is Cc1ncsc1-c1nnc(CCNCC(C)C)s1. The van der Waals surface area contributed by atoms with Gasteiger partial charge < -0.3 is 5.32 Å². The van der Waals surface area contributed by atoms with Crippen molar-refractivity contribution in [3.63, 3.8) is 0 Å². The van der Waals surface area contributed by atoms with Gasteiger partial charge in [-0.3, -0.25) is 0 Å². The second kappa shape index (κ2) is 6.36. The van der Waals surface area contributed by atoms with Crippen LogP contribution in [0.5, 0.6) is 0 Å². The Morgan fingerprint density at radius 3 is 2.83 bits per heavy atom. The number of nitrogens with one attached hydrogen (secondary N) is 1. The molecule has 2 aromatic heterocycles. The summed E-state index contributed by atoms with van der Waals surface area (Å²) >= 11 is 3.30. The second-order valence-electron chi connectivity index (χ2n) is 4.62. The molecular weight excluding hydrogens is 264 g/mol. The fourth-order valence-electron chi connectivity index (χ4n) is 1.54. The largest absolute Gasteiger partial charge is 0.316 e. The van der Waals surface area contributed by atoms with Crippen molar-refractivity contribution in [1.82, 2.24) is 20.5 Å². The van der Waals surface area contributed by atoms with E-state index in [0.29, 0.717) is 5.92 Å². The number of nitrogens with zero attached hydrogens (tertiary/aromatic N) is 3. The highest BCUT2D eigenvalue weighted by molar-refractivity contribution is 7.20. The van der Waals surface area contributed by atoms with Crippen LogP contribution in [-0.4, -0.2) is 28.3 Å². The molecule has 0 saturated heterocycles. The molecule has 6 heteroatoms. The molecule has 4 nitrogen and oxygen atoms in total. The van der Waals surface area contributed by atoms with Gasteiger partial charge in [-0.1, -0.05) is 25.2 Å². The van der Waals surface area contributed by atoms with Gasteiger partial charge in [0.1, 0.15) is 5.01 Å². The van der Waals surface area contributed by atoms with Crippen molar-refractivity contribution in [3.8, 4) is 9.88 Å². The highest BCUT2D eigenvalue weighted by Crippen LogP contribution is 2.29. The van der Waals surface area contributed by atoms with E-state index in [4.69, 9.17) is 0 Å². The van der Waals surface area contributed by atoms with E-state index in [9.17, 15) is 0 Å². The van der Waals surface area contributed by atoms with E-state index in [1.165, 1.54) is 0 Å². The molecular formula is C12H18N4S2. The van der Waals surface area contributed by atoms with Crippen LogP contribution in [0.4, 0.5) is 0 Å². The maximum absolute atomic E-state index is 4.24. The van der Waals surface area contributed by atoms with Crippen molar-refractivity contribution in [2.75, 3.05) is 13.1 Å². The fraction of sp³-hybridized carbons (Fsp3) is 0.583. The molecule has 2 rings (SSSR count). The number of aromatic nitrogens is 3. The topological polar surface area (TPSA) is 50.7 Å². The van der Waals surface area contributed by atoms with Crippen molar-refractivity contribution in [2.24, 2.45) is 5.92 Å². The summed E-state index contributed by atoms with van der Waals surface area (Å²) in [5.41, 5.74) is 2.90. The van der Waals surface area contributed by atoms with Crippen LogP contribution < -0.4 is 5.32 Å². The summed E-state index contributed by atoms with van der Waals surface area (Å²) in [4.78, 5) is 5.39. The molecule has 0 radical (unpaired) electrons. The minimum atomic E-state index is 0.690. The fourth-order valence-corrected chi connectivity index (χ4v) is 3.32. The second-order valence-corrected chi connectivity index (χ2v) is 6.53. The third kappa shape index (κ3) is 3.57. The number of hydrogen-bond donors (Lipinski definition) is 1. The van der Waals surface area contributed by atoms with Crippen molar-refractivity contribution in [1.29, 1.82) is 0 Å². The molecule has 1 N–H and O–H groups in total. The highest BCUT2D eigenvalue weighted by atomic mass is 32.1.